The van der Waals surface area contributed by atoms with E-state index in [2.05, 4.69) is 52.0 Å². The van der Waals surface area contributed by atoms with E-state index < -0.39 is 0 Å². The van der Waals surface area contributed by atoms with Gasteiger partial charge in [0.1, 0.15) is 0 Å². The van der Waals surface area contributed by atoms with E-state index in [1.807, 2.05) is 0 Å². The summed E-state index contributed by atoms with van der Waals surface area (Å²) in [6.45, 7) is 9.27. The van der Waals surface area contributed by atoms with E-state index in [-0.39, 0.29) is 5.41 Å². The predicted molar refractivity (Wildman–Crippen MR) is 71.6 cm³/mol. The van der Waals surface area contributed by atoms with Crippen LogP contribution in [0, 0.1) is 0 Å². The maximum atomic E-state index is 2.35. The highest BCUT2D eigenvalue weighted by Crippen LogP contribution is 2.47. The maximum Gasteiger partial charge on any atom is 0.0114 e. The molecule has 0 saturated carbocycles. The highest BCUT2D eigenvalue weighted by atomic mass is 14.4. The number of unbranched alkanes of at least 4 members (excludes halogenated alkanes) is 1. The van der Waals surface area contributed by atoms with E-state index in [4.69, 9.17) is 0 Å². The van der Waals surface area contributed by atoms with Crippen molar-refractivity contribution in [3.63, 3.8) is 0 Å². The smallest absolute Gasteiger partial charge is 0.0114 e. The van der Waals surface area contributed by atoms with Crippen LogP contribution in [0.15, 0.2) is 29.8 Å². The average molecular weight is 214 g/mol. The van der Waals surface area contributed by atoms with Gasteiger partial charge >= 0.3 is 0 Å². The fraction of sp³-hybridized carbons (Fsp3) is 0.500. The molecule has 0 nitrogen and oxygen atoms in total. The molecule has 1 aromatic rings. The van der Waals surface area contributed by atoms with Crippen molar-refractivity contribution in [1.29, 1.82) is 0 Å². The number of allylic oxidation sites excluding steroid dienone is 2. The van der Waals surface area contributed by atoms with Crippen LogP contribution >= 0.6 is 0 Å². The van der Waals surface area contributed by atoms with Crippen molar-refractivity contribution < 1.29 is 0 Å². The Morgan fingerprint density at radius 3 is 2.50 bits per heavy atom. The molecule has 0 aromatic heterocycles. The second kappa shape index (κ2) is 4.08. The molecule has 0 atom stereocenters. The first-order valence-corrected chi connectivity index (χ1v) is 6.39. The summed E-state index contributed by atoms with van der Waals surface area (Å²) in [6.07, 6.45) is 3.82. The Morgan fingerprint density at radius 1 is 1.12 bits per heavy atom. The Kier molecular flexibility index (Phi) is 2.92. The number of rotatable bonds is 3. The molecule has 0 spiro atoms. The molecule has 86 valence electrons. The van der Waals surface area contributed by atoms with Crippen molar-refractivity contribution in [1.82, 2.24) is 0 Å². The average Bonchev–Trinajstić information content (AvgIpc) is 2.47. The highest BCUT2D eigenvalue weighted by molar-refractivity contribution is 5.79. The summed E-state index contributed by atoms with van der Waals surface area (Å²) in [6, 6.07) is 8.91. The van der Waals surface area contributed by atoms with E-state index in [0.717, 1.165) is 0 Å². The molecule has 0 aliphatic heterocycles. The minimum atomic E-state index is 0.236. The van der Waals surface area contributed by atoms with E-state index in [0.29, 0.717) is 0 Å². The lowest BCUT2D eigenvalue weighted by Crippen LogP contribution is -2.15. The van der Waals surface area contributed by atoms with E-state index in [9.17, 15) is 0 Å². The zero-order valence-corrected chi connectivity index (χ0v) is 10.9. The van der Waals surface area contributed by atoms with Gasteiger partial charge in [0.05, 0.1) is 0 Å². The van der Waals surface area contributed by atoms with Crippen molar-refractivity contribution in [2.75, 3.05) is 0 Å². The summed E-state index contributed by atoms with van der Waals surface area (Å²) < 4.78 is 0. The van der Waals surface area contributed by atoms with Crippen molar-refractivity contribution in [2.45, 2.75) is 52.4 Å². The molecule has 0 unspecified atom stereocenters. The van der Waals surface area contributed by atoms with Gasteiger partial charge in [-0.2, -0.15) is 0 Å². The molecule has 0 saturated heterocycles. The summed E-state index contributed by atoms with van der Waals surface area (Å²) in [7, 11) is 0. The molecule has 1 aliphatic carbocycles. The molecule has 1 aliphatic rings. The Balaban J connectivity index is 2.47. The summed E-state index contributed by atoms with van der Waals surface area (Å²) in [5.74, 6) is 0. The molecule has 0 heteroatoms. The Hall–Kier alpha value is -1.04. The van der Waals surface area contributed by atoms with E-state index >= 15 is 0 Å². The lowest BCUT2D eigenvalue weighted by atomic mass is 9.82. The van der Waals surface area contributed by atoms with Crippen LogP contribution in [-0.4, -0.2) is 0 Å². The van der Waals surface area contributed by atoms with Crippen LogP contribution in [0.1, 0.15) is 58.1 Å². The van der Waals surface area contributed by atoms with Gasteiger partial charge in [-0.3, -0.25) is 0 Å². The Bertz CT molecular complexity index is 421. The number of hydrogen-bond donors (Lipinski definition) is 0. The van der Waals surface area contributed by atoms with Gasteiger partial charge in [-0.05, 0) is 36.5 Å². The zero-order valence-electron chi connectivity index (χ0n) is 10.9. The van der Waals surface area contributed by atoms with Gasteiger partial charge in [0.2, 0.25) is 0 Å². The van der Waals surface area contributed by atoms with Crippen LogP contribution in [0.5, 0.6) is 0 Å². The summed E-state index contributed by atoms with van der Waals surface area (Å²) in [5, 5.41) is 0. The van der Waals surface area contributed by atoms with Gasteiger partial charge < -0.3 is 0 Å². The lowest BCUT2D eigenvalue weighted by molar-refractivity contribution is 0.637. The highest BCUT2D eigenvalue weighted by Gasteiger charge is 2.34. The molecule has 1 aromatic carbocycles. The second-order valence-electron chi connectivity index (χ2n) is 5.38. The van der Waals surface area contributed by atoms with Crippen molar-refractivity contribution in [3.8, 4) is 0 Å². The molecule has 0 bridgehead atoms. The van der Waals surface area contributed by atoms with E-state index in [1.165, 1.54) is 30.4 Å². The predicted octanol–water partition coefficient (Wildman–Crippen LogP) is 4.94. The Labute approximate surface area is 99.4 Å². The summed E-state index contributed by atoms with van der Waals surface area (Å²) >= 11 is 0. The molecule has 0 radical (unpaired) electrons. The Morgan fingerprint density at radius 2 is 1.81 bits per heavy atom. The molecule has 2 rings (SSSR count). The van der Waals surface area contributed by atoms with Gasteiger partial charge in [-0.15, -0.1) is 0 Å². The minimum Gasteiger partial charge on any atom is -0.0654 e. The van der Waals surface area contributed by atoms with Crippen molar-refractivity contribution in [2.24, 2.45) is 0 Å². The van der Waals surface area contributed by atoms with Crippen LogP contribution < -0.4 is 0 Å². The van der Waals surface area contributed by atoms with Gasteiger partial charge in [-0.25, -0.2) is 0 Å². The number of fused-ring (bicyclic) bond motifs is 1. The number of benzene rings is 1. The fourth-order valence-electron chi connectivity index (χ4n) is 2.75. The van der Waals surface area contributed by atoms with Gasteiger partial charge in [0.25, 0.3) is 0 Å². The first kappa shape index (κ1) is 11.4. The minimum absolute atomic E-state index is 0.236. The quantitative estimate of drug-likeness (QED) is 0.668. The van der Waals surface area contributed by atoms with Crippen molar-refractivity contribution >= 4 is 5.57 Å². The molecular weight excluding hydrogens is 192 g/mol. The van der Waals surface area contributed by atoms with Crippen molar-refractivity contribution in [3.05, 3.63) is 41.0 Å². The van der Waals surface area contributed by atoms with Crippen LogP contribution in [0.3, 0.4) is 0 Å². The van der Waals surface area contributed by atoms with Gasteiger partial charge in [0.15, 0.2) is 0 Å². The summed E-state index contributed by atoms with van der Waals surface area (Å²) in [5.41, 5.74) is 6.42. The SMILES string of the molecule is CCCCC1=C(C)C(C)(C)c2ccccc21. The first-order chi connectivity index (χ1) is 7.59. The second-order valence-corrected chi connectivity index (χ2v) is 5.38. The van der Waals surface area contributed by atoms with Crippen LogP contribution in [0.2, 0.25) is 0 Å². The zero-order chi connectivity index (χ0) is 11.8. The van der Waals surface area contributed by atoms with Gasteiger partial charge in [-0.1, -0.05) is 57.0 Å². The maximum absolute atomic E-state index is 2.35. The van der Waals surface area contributed by atoms with Gasteiger partial charge in [0, 0.05) is 5.41 Å². The summed E-state index contributed by atoms with van der Waals surface area (Å²) in [4.78, 5) is 0. The molecule has 0 fully saturated rings. The normalized spacial score (nSPS) is 17.8. The van der Waals surface area contributed by atoms with Crippen LogP contribution in [0.4, 0.5) is 0 Å². The first-order valence-electron chi connectivity index (χ1n) is 6.39. The largest absolute Gasteiger partial charge is 0.0654 e. The molecule has 0 heterocycles. The molecule has 16 heavy (non-hydrogen) atoms. The third-order valence-corrected chi connectivity index (χ3v) is 4.10. The standard InChI is InChI=1S/C16H22/c1-5-6-9-13-12(2)16(3,4)15-11-8-7-10-14(13)15/h7-8,10-11H,5-6,9H2,1-4H3. The molecule has 0 amide bonds. The van der Waals surface area contributed by atoms with Crippen LogP contribution in [0.25, 0.3) is 5.57 Å². The third kappa shape index (κ3) is 1.61. The number of hydrogen-bond acceptors (Lipinski definition) is 0. The monoisotopic (exact) mass is 214 g/mol. The molecule has 0 N–H and O–H groups in total. The lowest BCUT2D eigenvalue weighted by Gasteiger charge is -2.22. The van der Waals surface area contributed by atoms with Crippen LogP contribution in [-0.2, 0) is 5.41 Å². The fourth-order valence-corrected chi connectivity index (χ4v) is 2.75. The third-order valence-electron chi connectivity index (χ3n) is 4.10. The topological polar surface area (TPSA) is 0 Å². The molecular formula is C16H22. The van der Waals surface area contributed by atoms with E-state index in [1.54, 1.807) is 11.1 Å².